The van der Waals surface area contributed by atoms with Crippen LogP contribution in [-0.4, -0.2) is 6.54 Å². The molecule has 0 N–H and O–H groups in total. The van der Waals surface area contributed by atoms with Gasteiger partial charge in [-0.3, -0.25) is 4.99 Å². The molecule has 11 heavy (non-hydrogen) atoms. The highest BCUT2D eigenvalue weighted by molar-refractivity contribution is 9.15. The third kappa shape index (κ3) is 1.27. The number of nitrogens with zero attached hydrogens (tertiary/aromatic N) is 1. The van der Waals surface area contributed by atoms with Crippen LogP contribution in [-0.2, 0) is 0 Å². The maximum Gasteiger partial charge on any atom is 0.0719 e. The Morgan fingerprint density at radius 2 is 2.09 bits per heavy atom. The maximum atomic E-state index is 4.32. The number of benzene rings is 1. The SMILES string of the molecule is BrC1=c2cc(Br)ccc2=NC1. The van der Waals surface area contributed by atoms with Crippen LogP contribution in [0.25, 0.3) is 4.48 Å². The molecule has 1 nitrogen and oxygen atoms in total. The highest BCUT2D eigenvalue weighted by Crippen LogP contribution is 2.08. The zero-order valence-corrected chi connectivity index (χ0v) is 8.81. The molecule has 1 aromatic carbocycles. The molecule has 0 fully saturated rings. The van der Waals surface area contributed by atoms with Gasteiger partial charge in [-0.15, -0.1) is 0 Å². The van der Waals surface area contributed by atoms with Gasteiger partial charge in [0.15, 0.2) is 0 Å². The van der Waals surface area contributed by atoms with Crippen molar-refractivity contribution in [3.8, 4) is 0 Å². The van der Waals surface area contributed by atoms with Gasteiger partial charge in [0.25, 0.3) is 0 Å². The Hall–Kier alpha value is -0.150. The molecule has 0 unspecified atom stereocenters. The van der Waals surface area contributed by atoms with Crippen LogP contribution in [0.3, 0.4) is 0 Å². The zero-order chi connectivity index (χ0) is 7.84. The Kier molecular flexibility index (Phi) is 1.85. The smallest absolute Gasteiger partial charge is 0.0719 e. The fourth-order valence-corrected chi connectivity index (χ4v) is 1.91. The van der Waals surface area contributed by atoms with E-state index in [9.17, 15) is 0 Å². The molecule has 0 saturated carbocycles. The van der Waals surface area contributed by atoms with Crippen molar-refractivity contribution in [2.24, 2.45) is 4.99 Å². The van der Waals surface area contributed by atoms with Crippen LogP contribution in [0.15, 0.2) is 27.7 Å². The van der Waals surface area contributed by atoms with Crippen molar-refractivity contribution in [1.82, 2.24) is 0 Å². The standard InChI is InChI=1S/C8H5Br2N/c9-5-1-2-8-6(3-5)7(10)4-11-8/h1-3H,4H2. The summed E-state index contributed by atoms with van der Waals surface area (Å²) in [6, 6.07) is 6.11. The van der Waals surface area contributed by atoms with Crippen molar-refractivity contribution in [2.45, 2.75) is 0 Å². The highest BCUT2D eigenvalue weighted by atomic mass is 79.9. The lowest BCUT2D eigenvalue weighted by Crippen LogP contribution is -2.21. The van der Waals surface area contributed by atoms with Gasteiger partial charge < -0.3 is 0 Å². The molecule has 0 saturated heterocycles. The molecule has 0 aromatic heterocycles. The Labute approximate surface area is 81.1 Å². The van der Waals surface area contributed by atoms with Gasteiger partial charge in [-0.05, 0) is 18.2 Å². The van der Waals surface area contributed by atoms with E-state index < -0.39 is 0 Å². The van der Waals surface area contributed by atoms with Crippen LogP contribution >= 0.6 is 31.9 Å². The molecular weight excluding hydrogens is 270 g/mol. The van der Waals surface area contributed by atoms with E-state index in [1.165, 1.54) is 9.70 Å². The zero-order valence-electron chi connectivity index (χ0n) is 5.64. The maximum absolute atomic E-state index is 4.32. The van der Waals surface area contributed by atoms with Crippen LogP contribution in [0, 0.1) is 0 Å². The van der Waals surface area contributed by atoms with E-state index in [-0.39, 0.29) is 0 Å². The minimum atomic E-state index is 0.784. The number of rotatable bonds is 0. The lowest BCUT2D eigenvalue weighted by molar-refractivity contribution is 1.22. The summed E-state index contributed by atoms with van der Waals surface area (Å²) in [7, 11) is 0. The van der Waals surface area contributed by atoms with Crippen LogP contribution in [0.5, 0.6) is 0 Å². The van der Waals surface area contributed by atoms with Crippen molar-refractivity contribution in [3.63, 3.8) is 0 Å². The van der Waals surface area contributed by atoms with E-state index in [0.29, 0.717) is 0 Å². The van der Waals surface area contributed by atoms with Gasteiger partial charge in [0.1, 0.15) is 0 Å². The average Bonchev–Trinajstić information content (AvgIpc) is 2.33. The topological polar surface area (TPSA) is 12.4 Å². The fraction of sp³-hybridized carbons (Fsp3) is 0.125. The molecule has 1 heterocycles. The van der Waals surface area contributed by atoms with Crippen molar-refractivity contribution in [1.29, 1.82) is 0 Å². The van der Waals surface area contributed by atoms with Gasteiger partial charge in [-0.25, -0.2) is 0 Å². The molecule has 2 rings (SSSR count). The molecule has 0 bridgehead atoms. The molecule has 56 valence electrons. The largest absolute Gasteiger partial charge is 0.279 e. The molecular formula is C8H5Br2N. The molecule has 0 radical (unpaired) electrons. The third-order valence-electron chi connectivity index (χ3n) is 1.64. The van der Waals surface area contributed by atoms with Crippen molar-refractivity contribution < 1.29 is 0 Å². The first kappa shape index (κ1) is 7.50. The molecule has 0 atom stereocenters. The summed E-state index contributed by atoms with van der Waals surface area (Å²) >= 11 is 6.89. The second-order valence-electron chi connectivity index (χ2n) is 2.38. The van der Waals surface area contributed by atoms with Crippen LogP contribution in [0.4, 0.5) is 0 Å². The number of hydrogen-bond acceptors (Lipinski definition) is 1. The first-order valence-electron chi connectivity index (χ1n) is 3.26. The van der Waals surface area contributed by atoms with Crippen molar-refractivity contribution in [3.05, 3.63) is 33.2 Å². The fourth-order valence-electron chi connectivity index (χ4n) is 1.10. The quantitative estimate of drug-likeness (QED) is 0.681. The predicted molar refractivity (Wildman–Crippen MR) is 52.1 cm³/mol. The average molecular weight is 275 g/mol. The first-order chi connectivity index (χ1) is 5.27. The monoisotopic (exact) mass is 273 g/mol. The Morgan fingerprint density at radius 3 is 2.91 bits per heavy atom. The highest BCUT2D eigenvalue weighted by Gasteiger charge is 2.02. The van der Waals surface area contributed by atoms with Crippen LogP contribution in [0.2, 0.25) is 0 Å². The Bertz CT molecular complexity index is 409. The molecule has 0 amide bonds. The van der Waals surface area contributed by atoms with E-state index in [1.807, 2.05) is 12.1 Å². The minimum Gasteiger partial charge on any atom is -0.279 e. The normalized spacial score (nSPS) is 14.5. The van der Waals surface area contributed by atoms with E-state index in [4.69, 9.17) is 0 Å². The van der Waals surface area contributed by atoms with Gasteiger partial charge >= 0.3 is 0 Å². The lowest BCUT2D eigenvalue weighted by atomic mass is 10.3. The molecule has 0 aliphatic carbocycles. The molecule has 0 spiro atoms. The third-order valence-corrected chi connectivity index (χ3v) is 2.81. The summed E-state index contributed by atoms with van der Waals surface area (Å²) in [6.07, 6.45) is 0. The Balaban J connectivity index is 2.91. The van der Waals surface area contributed by atoms with Crippen molar-refractivity contribution >= 4 is 36.3 Å². The Morgan fingerprint density at radius 1 is 1.27 bits per heavy atom. The van der Waals surface area contributed by atoms with Crippen molar-refractivity contribution in [2.75, 3.05) is 6.54 Å². The van der Waals surface area contributed by atoms with E-state index in [1.54, 1.807) is 0 Å². The van der Waals surface area contributed by atoms with Gasteiger partial charge in [-0.2, -0.15) is 0 Å². The van der Waals surface area contributed by atoms with Gasteiger partial charge in [0.05, 0.1) is 11.9 Å². The van der Waals surface area contributed by atoms with E-state index >= 15 is 0 Å². The number of hydrogen-bond donors (Lipinski definition) is 0. The summed E-state index contributed by atoms with van der Waals surface area (Å²) < 4.78 is 2.28. The summed E-state index contributed by atoms with van der Waals surface area (Å²) in [6.45, 7) is 0.784. The molecule has 1 aliphatic rings. The van der Waals surface area contributed by atoms with E-state index in [0.717, 1.165) is 16.4 Å². The molecule has 3 heteroatoms. The predicted octanol–water partition coefficient (Wildman–Crippen LogP) is 1.59. The minimum absolute atomic E-state index is 0.784. The summed E-state index contributed by atoms with van der Waals surface area (Å²) in [4.78, 5) is 4.32. The number of fused-ring (bicyclic) bond motifs is 1. The summed E-state index contributed by atoms with van der Waals surface area (Å²) in [5, 5.41) is 2.29. The second-order valence-corrected chi connectivity index (χ2v) is 4.26. The van der Waals surface area contributed by atoms with Crippen LogP contribution < -0.4 is 10.6 Å². The van der Waals surface area contributed by atoms with Gasteiger partial charge in [0.2, 0.25) is 0 Å². The van der Waals surface area contributed by atoms with E-state index in [2.05, 4.69) is 42.9 Å². The summed E-state index contributed by atoms with van der Waals surface area (Å²) in [5.74, 6) is 0. The van der Waals surface area contributed by atoms with Gasteiger partial charge in [-0.1, -0.05) is 31.9 Å². The molecule has 1 aliphatic heterocycles. The van der Waals surface area contributed by atoms with Crippen LogP contribution in [0.1, 0.15) is 0 Å². The molecule has 1 aromatic rings. The first-order valence-corrected chi connectivity index (χ1v) is 4.85. The second kappa shape index (κ2) is 2.72. The number of halogens is 2. The lowest BCUT2D eigenvalue weighted by Gasteiger charge is -1.87. The van der Waals surface area contributed by atoms with Gasteiger partial charge in [0, 0.05) is 14.2 Å². The summed E-state index contributed by atoms with van der Waals surface area (Å²) in [5.41, 5.74) is 0.